The predicted octanol–water partition coefficient (Wildman–Crippen LogP) is 5.58. The molecule has 0 saturated carbocycles. The van der Waals surface area contributed by atoms with Crippen LogP contribution < -0.4 is 5.32 Å². The Kier molecular flexibility index (Phi) is 6.50. The Morgan fingerprint density at radius 2 is 1.89 bits per heavy atom. The molecule has 1 N–H and O–H groups in total. The smallest absolute Gasteiger partial charge is 0.294 e. The SMILES string of the molecule is O=C(NCc1ccc(F)cc1)c1cc([N+](=O)[O-])c(Sc2c(Cl)cncc2Cl)s1. The molecular formula is C17H10Cl2FN3O3S2. The highest BCUT2D eigenvalue weighted by Gasteiger charge is 2.24. The average molecular weight is 458 g/mol. The lowest BCUT2D eigenvalue weighted by Crippen LogP contribution is -2.21. The number of aromatic nitrogens is 1. The van der Waals surface area contributed by atoms with Crippen molar-refractivity contribution < 1.29 is 14.1 Å². The lowest BCUT2D eigenvalue weighted by molar-refractivity contribution is -0.387. The molecule has 2 heterocycles. The van der Waals surface area contributed by atoms with E-state index in [1.165, 1.54) is 30.6 Å². The molecule has 0 aliphatic rings. The zero-order valence-electron chi connectivity index (χ0n) is 13.8. The van der Waals surface area contributed by atoms with Gasteiger partial charge in [-0.1, -0.05) is 47.1 Å². The Morgan fingerprint density at radius 1 is 1.25 bits per heavy atom. The first kappa shape index (κ1) is 20.5. The van der Waals surface area contributed by atoms with E-state index < -0.39 is 10.8 Å². The van der Waals surface area contributed by atoms with E-state index in [2.05, 4.69) is 10.3 Å². The minimum absolute atomic E-state index is 0.162. The van der Waals surface area contributed by atoms with Gasteiger partial charge in [-0.3, -0.25) is 19.9 Å². The van der Waals surface area contributed by atoms with Gasteiger partial charge in [0.2, 0.25) is 0 Å². The molecule has 3 rings (SSSR count). The van der Waals surface area contributed by atoms with Crippen LogP contribution in [0.3, 0.4) is 0 Å². The molecule has 0 radical (unpaired) electrons. The van der Waals surface area contributed by atoms with Crippen LogP contribution in [0.25, 0.3) is 0 Å². The van der Waals surface area contributed by atoms with Crippen molar-refractivity contribution in [2.24, 2.45) is 0 Å². The summed E-state index contributed by atoms with van der Waals surface area (Å²) in [6.45, 7) is 0.162. The van der Waals surface area contributed by atoms with E-state index in [1.807, 2.05) is 0 Å². The van der Waals surface area contributed by atoms with Gasteiger partial charge in [0.15, 0.2) is 0 Å². The second-order valence-corrected chi connectivity index (χ2v) is 8.53. The summed E-state index contributed by atoms with van der Waals surface area (Å²) in [5.74, 6) is -0.852. The van der Waals surface area contributed by atoms with Crippen molar-refractivity contribution in [3.63, 3.8) is 0 Å². The molecule has 0 saturated heterocycles. The fraction of sp³-hybridized carbons (Fsp3) is 0.0588. The van der Waals surface area contributed by atoms with E-state index in [0.717, 1.165) is 23.1 Å². The van der Waals surface area contributed by atoms with Gasteiger partial charge in [0, 0.05) is 25.0 Å². The van der Waals surface area contributed by atoms with Crippen LogP contribution in [0.15, 0.2) is 51.8 Å². The predicted molar refractivity (Wildman–Crippen MR) is 107 cm³/mol. The number of nitrogens with one attached hydrogen (secondary N) is 1. The van der Waals surface area contributed by atoms with Crippen LogP contribution in [0.2, 0.25) is 10.0 Å². The van der Waals surface area contributed by atoms with Crippen LogP contribution >= 0.6 is 46.3 Å². The number of halogens is 3. The molecule has 1 amide bonds. The summed E-state index contributed by atoms with van der Waals surface area (Å²) < 4.78 is 13.2. The summed E-state index contributed by atoms with van der Waals surface area (Å²) in [5, 5.41) is 14.5. The van der Waals surface area contributed by atoms with E-state index in [-0.39, 0.29) is 37.2 Å². The standard InChI is InChI=1S/C17H10Cl2FN3O3S2/c18-11-7-21-8-12(19)15(11)28-17-13(23(25)26)5-14(27-17)16(24)22-6-9-1-3-10(20)4-2-9/h1-5,7-8H,6H2,(H,22,24). The third-order valence-corrected chi connectivity index (χ3v) is 6.72. The Labute approximate surface area is 176 Å². The molecule has 0 unspecified atom stereocenters. The lowest BCUT2D eigenvalue weighted by atomic mass is 10.2. The summed E-state index contributed by atoms with van der Waals surface area (Å²) in [7, 11) is 0. The highest BCUT2D eigenvalue weighted by Crippen LogP contribution is 2.45. The average Bonchev–Trinajstić information content (AvgIpc) is 3.08. The van der Waals surface area contributed by atoms with Gasteiger partial charge in [0.1, 0.15) is 14.9 Å². The van der Waals surface area contributed by atoms with Crippen LogP contribution in [0.5, 0.6) is 0 Å². The van der Waals surface area contributed by atoms with E-state index in [0.29, 0.717) is 10.5 Å². The molecule has 0 bridgehead atoms. The lowest BCUT2D eigenvalue weighted by Gasteiger charge is -2.04. The Balaban J connectivity index is 1.80. The van der Waals surface area contributed by atoms with Gasteiger partial charge >= 0.3 is 0 Å². The fourth-order valence-electron chi connectivity index (χ4n) is 2.14. The molecule has 0 atom stereocenters. The number of nitrogens with zero attached hydrogens (tertiary/aromatic N) is 2. The molecule has 0 aliphatic carbocycles. The molecular weight excluding hydrogens is 448 g/mol. The van der Waals surface area contributed by atoms with Gasteiger partial charge in [-0.25, -0.2) is 4.39 Å². The zero-order valence-corrected chi connectivity index (χ0v) is 17.0. The number of amides is 1. The molecule has 1 aromatic carbocycles. The van der Waals surface area contributed by atoms with Crippen molar-refractivity contribution in [2.75, 3.05) is 0 Å². The maximum absolute atomic E-state index is 12.9. The van der Waals surface area contributed by atoms with Crippen molar-refractivity contribution in [1.29, 1.82) is 0 Å². The van der Waals surface area contributed by atoms with Gasteiger partial charge < -0.3 is 5.32 Å². The number of carbonyl (C=O) groups excluding carboxylic acids is 1. The number of pyridine rings is 1. The van der Waals surface area contributed by atoms with E-state index in [9.17, 15) is 19.3 Å². The normalized spacial score (nSPS) is 10.7. The molecule has 3 aromatic rings. The minimum Gasteiger partial charge on any atom is -0.347 e. The molecule has 0 fully saturated rings. The van der Waals surface area contributed by atoms with Gasteiger partial charge in [0.25, 0.3) is 11.6 Å². The number of benzene rings is 1. The van der Waals surface area contributed by atoms with Crippen LogP contribution in [0.1, 0.15) is 15.2 Å². The number of hydrogen-bond donors (Lipinski definition) is 1. The maximum Gasteiger partial charge on any atom is 0.294 e. The van der Waals surface area contributed by atoms with Crippen molar-refractivity contribution in [1.82, 2.24) is 10.3 Å². The third kappa shape index (κ3) is 4.79. The number of rotatable bonds is 6. The second kappa shape index (κ2) is 8.87. The van der Waals surface area contributed by atoms with Crippen molar-refractivity contribution in [3.8, 4) is 0 Å². The summed E-state index contributed by atoms with van der Waals surface area (Å²) in [6, 6.07) is 6.86. The van der Waals surface area contributed by atoms with Gasteiger partial charge in [-0.2, -0.15) is 0 Å². The third-order valence-electron chi connectivity index (χ3n) is 3.47. The van der Waals surface area contributed by atoms with Crippen LogP contribution in [-0.2, 0) is 6.54 Å². The molecule has 0 aliphatic heterocycles. The minimum atomic E-state index is -0.571. The van der Waals surface area contributed by atoms with Crippen molar-refractivity contribution in [2.45, 2.75) is 15.6 Å². The molecule has 0 spiro atoms. The molecule has 144 valence electrons. The summed E-state index contributed by atoms with van der Waals surface area (Å²) >= 11 is 14.1. The van der Waals surface area contributed by atoms with Crippen LogP contribution in [0, 0.1) is 15.9 Å². The topological polar surface area (TPSA) is 85.1 Å². The Morgan fingerprint density at radius 3 is 2.50 bits per heavy atom. The summed E-state index contributed by atoms with van der Waals surface area (Å²) in [5.41, 5.74) is 0.483. The summed E-state index contributed by atoms with van der Waals surface area (Å²) in [6.07, 6.45) is 2.76. The largest absolute Gasteiger partial charge is 0.347 e. The molecule has 28 heavy (non-hydrogen) atoms. The number of thiophene rings is 1. The van der Waals surface area contributed by atoms with Gasteiger partial charge in [-0.05, 0) is 17.7 Å². The first-order chi connectivity index (χ1) is 13.3. The van der Waals surface area contributed by atoms with Gasteiger partial charge in [0.05, 0.1) is 19.9 Å². The number of nitro groups is 1. The van der Waals surface area contributed by atoms with E-state index >= 15 is 0 Å². The Hall–Kier alpha value is -2.20. The number of carbonyl (C=O) groups is 1. The first-order valence-electron chi connectivity index (χ1n) is 7.63. The second-order valence-electron chi connectivity index (χ2n) is 5.38. The highest BCUT2D eigenvalue weighted by molar-refractivity contribution is 8.01. The van der Waals surface area contributed by atoms with E-state index in [4.69, 9.17) is 23.2 Å². The molecule has 6 nitrogen and oxygen atoms in total. The summed E-state index contributed by atoms with van der Waals surface area (Å²) in [4.78, 5) is 27.6. The maximum atomic E-state index is 12.9. The van der Waals surface area contributed by atoms with Crippen LogP contribution in [0.4, 0.5) is 10.1 Å². The van der Waals surface area contributed by atoms with E-state index in [1.54, 1.807) is 12.1 Å². The monoisotopic (exact) mass is 457 g/mol. The van der Waals surface area contributed by atoms with Gasteiger partial charge in [-0.15, -0.1) is 11.3 Å². The molecule has 2 aromatic heterocycles. The van der Waals surface area contributed by atoms with Crippen molar-refractivity contribution in [3.05, 3.63) is 79.1 Å². The molecule has 11 heteroatoms. The van der Waals surface area contributed by atoms with Crippen LogP contribution in [-0.4, -0.2) is 15.8 Å². The highest BCUT2D eigenvalue weighted by atomic mass is 35.5. The fourth-order valence-corrected chi connectivity index (χ4v) is 4.92. The Bertz CT molecular complexity index is 1020. The quantitative estimate of drug-likeness (QED) is 0.385. The van der Waals surface area contributed by atoms with Crippen molar-refractivity contribution >= 4 is 57.9 Å². The number of hydrogen-bond acceptors (Lipinski definition) is 6. The first-order valence-corrected chi connectivity index (χ1v) is 10.0. The zero-order chi connectivity index (χ0) is 20.3.